The highest BCUT2D eigenvalue weighted by Crippen LogP contribution is 2.00. The van der Waals surface area contributed by atoms with Crippen LogP contribution in [0.4, 0.5) is 0 Å². The standard InChI is InChI=1S/C15H27N5O7/c1-6(18-14(25)11(17)8(3)21)12(23)20-9(4-5-10(16)22)13(24)19-7(2)15(26)27/h6-9,11,21H,4-5,17H2,1-3H3,(H2,16,22)(H,18,25)(H,19,24)(H,20,23)(H,26,27)/t6-,7-,8+,9-,11-/m0/s1. The maximum atomic E-state index is 12.2. The summed E-state index contributed by atoms with van der Waals surface area (Å²) in [5.41, 5.74) is 10.5. The van der Waals surface area contributed by atoms with Crippen molar-refractivity contribution in [1.82, 2.24) is 16.0 Å². The summed E-state index contributed by atoms with van der Waals surface area (Å²) >= 11 is 0. The predicted molar refractivity (Wildman–Crippen MR) is 92.9 cm³/mol. The van der Waals surface area contributed by atoms with Gasteiger partial charge in [-0.2, -0.15) is 0 Å². The normalized spacial score (nSPS) is 16.2. The topological polar surface area (TPSA) is 214 Å². The molecule has 0 heterocycles. The third-order valence-corrected chi connectivity index (χ3v) is 3.62. The van der Waals surface area contributed by atoms with Gasteiger partial charge in [0.2, 0.25) is 23.6 Å². The highest BCUT2D eigenvalue weighted by Gasteiger charge is 2.28. The van der Waals surface area contributed by atoms with Gasteiger partial charge in [-0.3, -0.25) is 24.0 Å². The lowest BCUT2D eigenvalue weighted by atomic mass is 10.1. The number of nitrogens with one attached hydrogen (secondary N) is 3. The summed E-state index contributed by atoms with van der Waals surface area (Å²) < 4.78 is 0. The molecule has 0 spiro atoms. The zero-order valence-electron chi connectivity index (χ0n) is 15.4. The molecular formula is C15H27N5O7. The molecule has 0 unspecified atom stereocenters. The summed E-state index contributed by atoms with van der Waals surface area (Å²) in [6, 6.07) is -4.81. The number of carboxylic acids is 1. The van der Waals surface area contributed by atoms with Crippen LogP contribution in [-0.4, -0.2) is 70.1 Å². The van der Waals surface area contributed by atoms with Crippen LogP contribution in [0.15, 0.2) is 0 Å². The van der Waals surface area contributed by atoms with Crippen molar-refractivity contribution in [3.63, 3.8) is 0 Å². The number of primary amides is 1. The van der Waals surface area contributed by atoms with E-state index in [0.717, 1.165) is 0 Å². The van der Waals surface area contributed by atoms with Crippen LogP contribution >= 0.6 is 0 Å². The molecule has 0 rings (SSSR count). The first-order valence-electron chi connectivity index (χ1n) is 8.22. The van der Waals surface area contributed by atoms with E-state index in [1.54, 1.807) is 0 Å². The molecule has 154 valence electrons. The fourth-order valence-corrected chi connectivity index (χ4v) is 1.82. The van der Waals surface area contributed by atoms with Gasteiger partial charge in [-0.15, -0.1) is 0 Å². The van der Waals surface area contributed by atoms with Crippen LogP contribution in [0, 0.1) is 0 Å². The predicted octanol–water partition coefficient (Wildman–Crippen LogP) is -3.46. The van der Waals surface area contributed by atoms with E-state index in [1.165, 1.54) is 20.8 Å². The molecule has 0 aromatic rings. The molecule has 0 aliphatic carbocycles. The molecule has 0 aliphatic rings. The molecule has 27 heavy (non-hydrogen) atoms. The number of carbonyl (C=O) groups is 5. The Morgan fingerprint density at radius 2 is 1.41 bits per heavy atom. The number of hydrogen-bond donors (Lipinski definition) is 7. The highest BCUT2D eigenvalue weighted by molar-refractivity contribution is 5.94. The van der Waals surface area contributed by atoms with Crippen LogP contribution < -0.4 is 27.4 Å². The van der Waals surface area contributed by atoms with Crippen molar-refractivity contribution in [2.45, 2.75) is 63.9 Å². The number of hydrogen-bond acceptors (Lipinski definition) is 7. The van der Waals surface area contributed by atoms with Gasteiger partial charge in [-0.25, -0.2) is 0 Å². The van der Waals surface area contributed by atoms with Crippen molar-refractivity contribution >= 4 is 29.6 Å². The van der Waals surface area contributed by atoms with Gasteiger partial charge in [-0.1, -0.05) is 0 Å². The number of carboxylic acid groups (broad SMARTS) is 1. The number of amides is 4. The molecule has 0 saturated carbocycles. The molecule has 0 aromatic heterocycles. The van der Waals surface area contributed by atoms with Gasteiger partial charge in [0.1, 0.15) is 24.2 Å². The Kier molecular flexibility index (Phi) is 9.96. The fourth-order valence-electron chi connectivity index (χ4n) is 1.82. The molecule has 0 saturated heterocycles. The summed E-state index contributed by atoms with van der Waals surface area (Å²) in [7, 11) is 0. The smallest absolute Gasteiger partial charge is 0.325 e. The quantitative estimate of drug-likeness (QED) is 0.188. The number of rotatable bonds is 11. The maximum absolute atomic E-state index is 12.2. The van der Waals surface area contributed by atoms with Gasteiger partial charge in [-0.05, 0) is 27.2 Å². The largest absolute Gasteiger partial charge is 0.480 e. The summed E-state index contributed by atoms with van der Waals surface area (Å²) in [5, 5.41) is 24.9. The van der Waals surface area contributed by atoms with Crippen LogP contribution in [0.2, 0.25) is 0 Å². The van der Waals surface area contributed by atoms with E-state index in [1.807, 2.05) is 0 Å². The van der Waals surface area contributed by atoms with Gasteiger partial charge >= 0.3 is 5.97 Å². The van der Waals surface area contributed by atoms with Crippen LogP contribution in [0.5, 0.6) is 0 Å². The van der Waals surface area contributed by atoms with E-state index < -0.39 is 59.9 Å². The van der Waals surface area contributed by atoms with Crippen molar-refractivity contribution in [1.29, 1.82) is 0 Å². The molecule has 12 nitrogen and oxygen atoms in total. The zero-order valence-corrected chi connectivity index (χ0v) is 15.4. The van der Waals surface area contributed by atoms with E-state index in [2.05, 4.69) is 16.0 Å². The first-order valence-corrected chi connectivity index (χ1v) is 8.22. The molecule has 4 amide bonds. The lowest BCUT2D eigenvalue weighted by Gasteiger charge is -2.23. The van der Waals surface area contributed by atoms with E-state index >= 15 is 0 Å². The third-order valence-electron chi connectivity index (χ3n) is 3.62. The Balaban J connectivity index is 4.99. The Bertz CT molecular complexity index is 581. The molecule has 0 aromatic carbocycles. The first-order chi connectivity index (χ1) is 12.4. The minimum Gasteiger partial charge on any atom is -0.480 e. The Morgan fingerprint density at radius 1 is 0.889 bits per heavy atom. The molecule has 0 radical (unpaired) electrons. The van der Waals surface area contributed by atoms with Gasteiger partial charge in [0.25, 0.3) is 0 Å². The van der Waals surface area contributed by atoms with Crippen LogP contribution in [0.25, 0.3) is 0 Å². The van der Waals surface area contributed by atoms with E-state index in [4.69, 9.17) is 16.6 Å². The van der Waals surface area contributed by atoms with Crippen molar-refractivity contribution in [3.05, 3.63) is 0 Å². The molecule has 9 N–H and O–H groups in total. The second-order valence-electron chi connectivity index (χ2n) is 6.13. The minimum atomic E-state index is -1.28. The molecule has 12 heteroatoms. The third kappa shape index (κ3) is 8.96. The van der Waals surface area contributed by atoms with E-state index in [-0.39, 0.29) is 12.8 Å². The molecule has 0 fully saturated rings. The summed E-state index contributed by atoms with van der Waals surface area (Å²) in [4.78, 5) is 57.9. The summed E-state index contributed by atoms with van der Waals surface area (Å²) in [6.45, 7) is 3.86. The Labute approximate surface area is 156 Å². The number of nitrogens with two attached hydrogens (primary N) is 2. The number of aliphatic hydroxyl groups is 1. The average Bonchev–Trinajstić information content (AvgIpc) is 2.56. The number of aliphatic hydroxyl groups excluding tert-OH is 1. The first kappa shape index (κ1) is 24.3. The van der Waals surface area contributed by atoms with Gasteiger partial charge < -0.3 is 37.6 Å². The van der Waals surface area contributed by atoms with Gasteiger partial charge in [0.05, 0.1) is 6.10 Å². The number of aliphatic carboxylic acids is 1. The summed E-state index contributed by atoms with van der Waals surface area (Å²) in [5.74, 6) is -4.36. The van der Waals surface area contributed by atoms with Crippen LogP contribution in [0.1, 0.15) is 33.6 Å². The van der Waals surface area contributed by atoms with Crippen LogP contribution in [0.3, 0.4) is 0 Å². The second-order valence-corrected chi connectivity index (χ2v) is 6.13. The number of carbonyl (C=O) groups excluding carboxylic acids is 4. The van der Waals surface area contributed by atoms with E-state index in [0.29, 0.717) is 0 Å². The monoisotopic (exact) mass is 389 g/mol. The second kappa shape index (κ2) is 11.1. The lowest BCUT2D eigenvalue weighted by Crippen LogP contribution is -2.57. The van der Waals surface area contributed by atoms with Crippen molar-refractivity contribution in [2.75, 3.05) is 0 Å². The van der Waals surface area contributed by atoms with Crippen LogP contribution in [-0.2, 0) is 24.0 Å². The van der Waals surface area contributed by atoms with Gasteiger partial charge in [0.15, 0.2) is 0 Å². The average molecular weight is 389 g/mol. The van der Waals surface area contributed by atoms with Crippen molar-refractivity contribution < 1.29 is 34.2 Å². The SMILES string of the molecule is C[C@H](NC(=O)[C@H](CCC(N)=O)NC(=O)[C@H](C)NC(=O)[C@@H](N)[C@@H](C)O)C(=O)O. The Morgan fingerprint density at radius 3 is 1.85 bits per heavy atom. The summed E-state index contributed by atoms with van der Waals surface area (Å²) in [6.07, 6.45) is -1.52. The lowest BCUT2D eigenvalue weighted by molar-refractivity contribution is -0.142. The molecule has 5 atom stereocenters. The minimum absolute atomic E-state index is 0.160. The Hall–Kier alpha value is -2.73. The fraction of sp³-hybridized carbons (Fsp3) is 0.667. The van der Waals surface area contributed by atoms with Crippen molar-refractivity contribution in [3.8, 4) is 0 Å². The highest BCUT2D eigenvalue weighted by atomic mass is 16.4. The maximum Gasteiger partial charge on any atom is 0.325 e. The van der Waals surface area contributed by atoms with E-state index in [9.17, 15) is 29.1 Å². The van der Waals surface area contributed by atoms with Gasteiger partial charge in [0, 0.05) is 6.42 Å². The molecular weight excluding hydrogens is 362 g/mol. The molecule has 0 bridgehead atoms. The van der Waals surface area contributed by atoms with Crippen molar-refractivity contribution in [2.24, 2.45) is 11.5 Å². The molecule has 0 aliphatic heterocycles. The zero-order chi connectivity index (χ0) is 21.3.